The van der Waals surface area contributed by atoms with E-state index < -0.39 is 0 Å². The van der Waals surface area contributed by atoms with Gasteiger partial charge in [-0.1, -0.05) is 0 Å². The summed E-state index contributed by atoms with van der Waals surface area (Å²) in [7, 11) is 1.67. The molecule has 1 aliphatic heterocycles. The monoisotopic (exact) mass is 236 g/mol. The first-order valence-electron chi connectivity index (χ1n) is 6.14. The quantitative estimate of drug-likeness (QED) is 0.867. The Kier molecular flexibility index (Phi) is 3.84. The highest BCUT2D eigenvalue weighted by Crippen LogP contribution is 2.29. The predicted molar refractivity (Wildman–Crippen MR) is 67.4 cm³/mol. The number of piperidine rings is 1. The molecule has 94 valence electrons. The van der Waals surface area contributed by atoms with Crippen molar-refractivity contribution in [1.82, 2.24) is 4.98 Å². The summed E-state index contributed by atoms with van der Waals surface area (Å²) in [5, 5.41) is 9.58. The Morgan fingerprint density at radius 1 is 1.47 bits per heavy atom. The van der Waals surface area contributed by atoms with Gasteiger partial charge in [0.05, 0.1) is 13.2 Å². The summed E-state index contributed by atoms with van der Waals surface area (Å²) in [6.07, 6.45) is 3.61. The molecule has 1 saturated heterocycles. The van der Waals surface area contributed by atoms with Crippen LogP contribution < -0.4 is 9.64 Å². The zero-order valence-corrected chi connectivity index (χ0v) is 10.5. The van der Waals surface area contributed by atoms with Crippen LogP contribution in [0, 0.1) is 5.92 Å². The van der Waals surface area contributed by atoms with Crippen molar-refractivity contribution in [2.75, 3.05) is 25.1 Å². The molecule has 1 N–H and O–H groups in total. The highest BCUT2D eigenvalue weighted by atomic mass is 16.5. The molecular formula is C13H20N2O2. The van der Waals surface area contributed by atoms with Crippen molar-refractivity contribution in [2.24, 2.45) is 5.92 Å². The Balaban J connectivity index is 2.05. The van der Waals surface area contributed by atoms with Crippen molar-refractivity contribution < 1.29 is 9.84 Å². The number of methoxy groups -OCH3 is 1. The molecule has 1 aromatic heterocycles. The number of rotatable bonds is 3. The molecule has 0 aromatic carbocycles. The first-order chi connectivity index (χ1) is 8.22. The molecule has 2 heterocycles. The lowest BCUT2D eigenvalue weighted by atomic mass is 9.92. The first kappa shape index (κ1) is 12.2. The van der Waals surface area contributed by atoms with E-state index in [9.17, 15) is 5.11 Å². The van der Waals surface area contributed by atoms with Gasteiger partial charge in [-0.15, -0.1) is 0 Å². The van der Waals surface area contributed by atoms with Gasteiger partial charge in [0.2, 0.25) is 0 Å². The van der Waals surface area contributed by atoms with Crippen LogP contribution in [0.2, 0.25) is 0 Å². The molecule has 1 atom stereocenters. The van der Waals surface area contributed by atoms with Crippen LogP contribution in [0.25, 0.3) is 0 Å². The van der Waals surface area contributed by atoms with E-state index in [0.29, 0.717) is 5.92 Å². The van der Waals surface area contributed by atoms with Crippen molar-refractivity contribution in [3.8, 4) is 5.75 Å². The number of hydrogen-bond donors (Lipinski definition) is 1. The number of pyridine rings is 1. The average molecular weight is 236 g/mol. The summed E-state index contributed by atoms with van der Waals surface area (Å²) in [4.78, 5) is 6.62. The standard InChI is InChI=1S/C13H20N2O2/c1-10(16)11-5-8-15(9-6-11)13-12(17-2)4-3-7-14-13/h3-4,7,10-11,16H,5-6,8-9H2,1-2H3. The van der Waals surface area contributed by atoms with Gasteiger partial charge >= 0.3 is 0 Å². The fourth-order valence-corrected chi connectivity index (χ4v) is 2.37. The minimum Gasteiger partial charge on any atom is -0.493 e. The summed E-state index contributed by atoms with van der Waals surface area (Å²) in [5.41, 5.74) is 0. The van der Waals surface area contributed by atoms with Gasteiger partial charge in [-0.25, -0.2) is 4.98 Å². The van der Waals surface area contributed by atoms with E-state index in [4.69, 9.17) is 4.74 Å². The fraction of sp³-hybridized carbons (Fsp3) is 0.615. The lowest BCUT2D eigenvalue weighted by Crippen LogP contribution is -2.37. The Hall–Kier alpha value is -1.29. The van der Waals surface area contributed by atoms with Gasteiger partial charge < -0.3 is 14.7 Å². The Morgan fingerprint density at radius 3 is 2.76 bits per heavy atom. The van der Waals surface area contributed by atoms with E-state index in [1.54, 1.807) is 13.3 Å². The molecule has 4 nitrogen and oxygen atoms in total. The van der Waals surface area contributed by atoms with Crippen LogP contribution in [0.3, 0.4) is 0 Å². The second-order valence-electron chi connectivity index (χ2n) is 4.59. The summed E-state index contributed by atoms with van der Waals surface area (Å²) >= 11 is 0. The number of hydrogen-bond acceptors (Lipinski definition) is 4. The largest absolute Gasteiger partial charge is 0.493 e. The SMILES string of the molecule is COc1cccnc1N1CCC(C(C)O)CC1. The topological polar surface area (TPSA) is 45.6 Å². The van der Waals surface area contributed by atoms with Gasteiger partial charge in [-0.2, -0.15) is 0 Å². The third kappa shape index (κ3) is 2.69. The molecule has 0 spiro atoms. The van der Waals surface area contributed by atoms with Crippen molar-refractivity contribution in [3.05, 3.63) is 18.3 Å². The number of aromatic nitrogens is 1. The molecule has 0 bridgehead atoms. The zero-order chi connectivity index (χ0) is 12.3. The van der Waals surface area contributed by atoms with Crippen molar-refractivity contribution in [2.45, 2.75) is 25.9 Å². The van der Waals surface area contributed by atoms with Gasteiger partial charge in [0.1, 0.15) is 0 Å². The van der Waals surface area contributed by atoms with Crippen molar-refractivity contribution in [1.29, 1.82) is 0 Å². The Bertz CT molecular complexity index is 360. The maximum Gasteiger partial charge on any atom is 0.171 e. The number of aliphatic hydroxyl groups excluding tert-OH is 1. The number of aliphatic hydroxyl groups is 1. The number of ether oxygens (including phenoxy) is 1. The van der Waals surface area contributed by atoms with Gasteiger partial charge in [0.25, 0.3) is 0 Å². The van der Waals surface area contributed by atoms with Crippen molar-refractivity contribution in [3.63, 3.8) is 0 Å². The van der Waals surface area contributed by atoms with E-state index in [0.717, 1.165) is 37.5 Å². The molecule has 0 radical (unpaired) electrons. The molecular weight excluding hydrogens is 216 g/mol. The highest BCUT2D eigenvalue weighted by molar-refractivity contribution is 5.52. The second kappa shape index (κ2) is 5.36. The summed E-state index contributed by atoms with van der Waals surface area (Å²) in [6, 6.07) is 3.81. The fourth-order valence-electron chi connectivity index (χ4n) is 2.37. The van der Waals surface area contributed by atoms with Crippen LogP contribution in [-0.4, -0.2) is 36.4 Å². The number of nitrogens with zero attached hydrogens (tertiary/aromatic N) is 2. The van der Waals surface area contributed by atoms with Crippen LogP contribution in [0.1, 0.15) is 19.8 Å². The average Bonchev–Trinajstić information content (AvgIpc) is 2.39. The maximum absolute atomic E-state index is 9.58. The van der Waals surface area contributed by atoms with E-state index in [1.165, 1.54) is 0 Å². The molecule has 17 heavy (non-hydrogen) atoms. The van der Waals surface area contributed by atoms with Gasteiger partial charge in [0.15, 0.2) is 11.6 Å². The maximum atomic E-state index is 9.58. The highest BCUT2D eigenvalue weighted by Gasteiger charge is 2.24. The molecule has 0 saturated carbocycles. The van der Waals surface area contributed by atoms with Crippen LogP contribution in [-0.2, 0) is 0 Å². The molecule has 1 aromatic rings. The molecule has 1 unspecified atom stereocenters. The summed E-state index contributed by atoms with van der Waals surface area (Å²) < 4.78 is 5.32. The molecule has 0 amide bonds. The van der Waals surface area contributed by atoms with Crippen LogP contribution in [0.5, 0.6) is 5.75 Å². The summed E-state index contributed by atoms with van der Waals surface area (Å²) in [5.74, 6) is 2.16. The van der Waals surface area contributed by atoms with Crippen molar-refractivity contribution >= 4 is 5.82 Å². The normalized spacial score (nSPS) is 19.1. The zero-order valence-electron chi connectivity index (χ0n) is 10.5. The van der Waals surface area contributed by atoms with E-state index in [1.807, 2.05) is 19.1 Å². The number of anilines is 1. The third-order valence-corrected chi connectivity index (χ3v) is 3.49. The molecule has 1 aliphatic rings. The predicted octanol–water partition coefficient (Wildman–Crippen LogP) is 1.69. The minimum atomic E-state index is -0.206. The van der Waals surface area contributed by atoms with Gasteiger partial charge in [-0.3, -0.25) is 0 Å². The van der Waals surface area contributed by atoms with E-state index in [2.05, 4.69) is 9.88 Å². The summed E-state index contributed by atoms with van der Waals surface area (Å²) in [6.45, 7) is 3.74. The molecule has 1 fully saturated rings. The van der Waals surface area contributed by atoms with Crippen LogP contribution in [0.4, 0.5) is 5.82 Å². The smallest absolute Gasteiger partial charge is 0.171 e. The van der Waals surface area contributed by atoms with E-state index in [-0.39, 0.29) is 6.10 Å². The third-order valence-electron chi connectivity index (χ3n) is 3.49. The van der Waals surface area contributed by atoms with Gasteiger partial charge in [-0.05, 0) is 37.8 Å². The Morgan fingerprint density at radius 2 is 2.18 bits per heavy atom. The van der Waals surface area contributed by atoms with Crippen LogP contribution in [0.15, 0.2) is 18.3 Å². The lowest BCUT2D eigenvalue weighted by Gasteiger charge is -2.34. The molecule has 4 heteroatoms. The second-order valence-corrected chi connectivity index (χ2v) is 4.59. The van der Waals surface area contributed by atoms with E-state index >= 15 is 0 Å². The molecule has 2 rings (SSSR count). The van der Waals surface area contributed by atoms with Gasteiger partial charge in [0, 0.05) is 19.3 Å². The Labute approximate surface area is 102 Å². The lowest BCUT2D eigenvalue weighted by molar-refractivity contribution is 0.109. The first-order valence-corrected chi connectivity index (χ1v) is 6.14. The minimum absolute atomic E-state index is 0.206. The van der Waals surface area contributed by atoms with Crippen LogP contribution >= 0.6 is 0 Å². The molecule has 0 aliphatic carbocycles.